The molecule has 63 heavy (non-hydrogen) atoms. The second-order valence-electron chi connectivity index (χ2n) is 15.9. The topological polar surface area (TPSA) is 78.1 Å². The molecule has 13 aromatic rings. The predicted octanol–water partition coefficient (Wildman–Crippen LogP) is 15.6. The van der Waals surface area contributed by atoms with E-state index >= 15 is 0 Å². The van der Waals surface area contributed by atoms with Crippen molar-refractivity contribution in [1.29, 1.82) is 0 Å². The zero-order chi connectivity index (χ0) is 41.4. The molecule has 0 unspecified atom stereocenters. The molecule has 294 valence electrons. The van der Waals surface area contributed by atoms with Gasteiger partial charge >= 0.3 is 0 Å². The first-order valence-corrected chi connectivity index (χ1v) is 21.0. The van der Waals surface area contributed by atoms with Crippen LogP contribution in [0.4, 0.5) is 0 Å². The highest BCUT2D eigenvalue weighted by Gasteiger charge is 2.19. The van der Waals surface area contributed by atoms with Crippen LogP contribution in [0.1, 0.15) is 0 Å². The molecule has 0 saturated carbocycles. The van der Waals surface area contributed by atoms with Crippen LogP contribution in [0.3, 0.4) is 0 Å². The summed E-state index contributed by atoms with van der Waals surface area (Å²) in [6, 6.07) is 68.8. The summed E-state index contributed by atoms with van der Waals surface area (Å²) in [5.74, 6) is 1.78. The second kappa shape index (κ2) is 14.0. The van der Waals surface area contributed by atoms with E-state index < -0.39 is 0 Å². The Labute approximate surface area is 360 Å². The van der Waals surface area contributed by atoms with Crippen LogP contribution in [0.2, 0.25) is 0 Å². The Balaban J connectivity index is 0.921. The molecule has 0 atom stereocenters. The largest absolute Gasteiger partial charge is 0.456 e. The first kappa shape index (κ1) is 35.2. The van der Waals surface area contributed by atoms with Crippen LogP contribution in [0.25, 0.3) is 133 Å². The lowest BCUT2D eigenvalue weighted by atomic mass is 9.98. The summed E-state index contributed by atoms with van der Waals surface area (Å²) in [6.07, 6.45) is 0. The van der Waals surface area contributed by atoms with Gasteiger partial charge in [-0.15, -0.1) is 0 Å². The lowest BCUT2D eigenvalue weighted by molar-refractivity contribution is 0.668. The highest BCUT2D eigenvalue weighted by molar-refractivity contribution is 6.14. The van der Waals surface area contributed by atoms with Crippen molar-refractivity contribution in [2.24, 2.45) is 0 Å². The number of nitrogens with zero attached hydrogens (tertiary/aromatic N) is 3. The first-order valence-electron chi connectivity index (χ1n) is 21.0. The quantitative estimate of drug-likeness (QED) is 0.166. The van der Waals surface area contributed by atoms with Crippen LogP contribution in [-0.4, -0.2) is 15.0 Å². The van der Waals surface area contributed by atoms with Gasteiger partial charge in [0.25, 0.3) is 0 Å². The molecule has 0 fully saturated rings. The molecule has 0 amide bonds. The normalized spacial score (nSPS) is 11.8. The zero-order valence-corrected chi connectivity index (χ0v) is 33.6. The summed E-state index contributed by atoms with van der Waals surface area (Å²) in [5, 5.41) is 6.27. The number of furan rings is 3. The number of rotatable bonds is 6. The average molecular weight is 808 g/mol. The third kappa shape index (κ3) is 5.92. The fraction of sp³-hybridized carbons (Fsp3) is 0. The SMILES string of the molecule is c1ccc(-c2ccc(-c3nc(-c4ccccc4)nc(-c4cccc5oc6ccc(-c7ccc8oc9ccc(-c%10ccc%11oc%12ccccc%12c%11c%10)cc9c8c7)cc6c45)n3)cc2)cc1. The minimum atomic E-state index is 0.576. The van der Waals surface area contributed by atoms with E-state index in [1.54, 1.807) is 0 Å². The van der Waals surface area contributed by atoms with E-state index in [0.717, 1.165) is 116 Å². The fourth-order valence-corrected chi connectivity index (χ4v) is 9.02. The Morgan fingerprint density at radius 1 is 0.238 bits per heavy atom. The smallest absolute Gasteiger partial charge is 0.164 e. The molecule has 9 aromatic carbocycles. The Morgan fingerprint density at radius 3 is 1.22 bits per heavy atom. The second-order valence-corrected chi connectivity index (χ2v) is 15.9. The van der Waals surface area contributed by atoms with Crippen molar-refractivity contribution < 1.29 is 13.3 Å². The lowest BCUT2D eigenvalue weighted by Gasteiger charge is -2.10. The molecule has 0 radical (unpaired) electrons. The molecule has 4 aromatic heterocycles. The fourth-order valence-electron chi connectivity index (χ4n) is 9.02. The number of aromatic nitrogens is 3. The first-order chi connectivity index (χ1) is 31.2. The molecule has 0 bridgehead atoms. The van der Waals surface area contributed by atoms with Crippen LogP contribution >= 0.6 is 0 Å². The van der Waals surface area contributed by atoms with Crippen LogP contribution in [0, 0.1) is 0 Å². The van der Waals surface area contributed by atoms with Gasteiger partial charge in [-0.1, -0.05) is 140 Å². The number of benzene rings is 9. The van der Waals surface area contributed by atoms with Crippen molar-refractivity contribution in [2.45, 2.75) is 0 Å². The third-order valence-corrected chi connectivity index (χ3v) is 12.2. The molecule has 0 aliphatic heterocycles. The van der Waals surface area contributed by atoms with Gasteiger partial charge in [-0.05, 0) is 94.0 Å². The van der Waals surface area contributed by atoms with Gasteiger partial charge in [0.2, 0.25) is 0 Å². The van der Waals surface area contributed by atoms with Gasteiger partial charge in [-0.2, -0.15) is 0 Å². The Hall–Kier alpha value is -8.61. The summed E-state index contributed by atoms with van der Waals surface area (Å²) in [4.78, 5) is 15.3. The molecule has 0 aliphatic rings. The van der Waals surface area contributed by atoms with Gasteiger partial charge < -0.3 is 13.3 Å². The van der Waals surface area contributed by atoms with E-state index in [2.05, 4.69) is 140 Å². The lowest BCUT2D eigenvalue weighted by Crippen LogP contribution is -2.00. The minimum absolute atomic E-state index is 0.576. The Bertz CT molecular complexity index is 3900. The summed E-state index contributed by atoms with van der Waals surface area (Å²) < 4.78 is 19.0. The van der Waals surface area contributed by atoms with Gasteiger partial charge in [-0.25, -0.2) is 15.0 Å². The monoisotopic (exact) mass is 807 g/mol. The molecule has 0 N–H and O–H groups in total. The zero-order valence-electron chi connectivity index (χ0n) is 33.6. The van der Waals surface area contributed by atoms with E-state index in [0.29, 0.717) is 17.5 Å². The van der Waals surface area contributed by atoms with Crippen LogP contribution in [0.15, 0.2) is 213 Å². The van der Waals surface area contributed by atoms with Gasteiger partial charge in [0.05, 0.1) is 0 Å². The highest BCUT2D eigenvalue weighted by Crippen LogP contribution is 2.41. The van der Waals surface area contributed by atoms with Gasteiger partial charge in [0, 0.05) is 49.0 Å². The van der Waals surface area contributed by atoms with Crippen molar-refractivity contribution >= 4 is 65.8 Å². The van der Waals surface area contributed by atoms with Crippen LogP contribution in [-0.2, 0) is 0 Å². The van der Waals surface area contributed by atoms with Crippen LogP contribution < -0.4 is 0 Å². The molecule has 4 heterocycles. The van der Waals surface area contributed by atoms with Crippen molar-refractivity contribution in [1.82, 2.24) is 15.0 Å². The van der Waals surface area contributed by atoms with Gasteiger partial charge in [0.1, 0.15) is 33.5 Å². The molecule has 6 heteroatoms. The highest BCUT2D eigenvalue weighted by atomic mass is 16.3. The molecular formula is C57H33N3O3. The molecular weight excluding hydrogens is 775 g/mol. The Morgan fingerprint density at radius 2 is 0.619 bits per heavy atom. The van der Waals surface area contributed by atoms with Gasteiger partial charge in [0.15, 0.2) is 17.5 Å². The van der Waals surface area contributed by atoms with E-state index in [9.17, 15) is 0 Å². The maximum Gasteiger partial charge on any atom is 0.164 e. The minimum Gasteiger partial charge on any atom is -0.456 e. The number of para-hydroxylation sites is 1. The number of hydrogen-bond acceptors (Lipinski definition) is 6. The summed E-state index contributed by atoms with van der Waals surface area (Å²) in [7, 11) is 0. The maximum atomic E-state index is 6.51. The predicted molar refractivity (Wildman–Crippen MR) is 254 cm³/mol. The van der Waals surface area contributed by atoms with Gasteiger partial charge in [-0.3, -0.25) is 0 Å². The molecule has 13 rings (SSSR count). The Kier molecular flexibility index (Phi) is 7.80. The van der Waals surface area contributed by atoms with E-state index in [-0.39, 0.29) is 0 Å². The maximum absolute atomic E-state index is 6.51. The van der Waals surface area contributed by atoms with Crippen molar-refractivity contribution in [3.05, 3.63) is 200 Å². The van der Waals surface area contributed by atoms with E-state index in [1.165, 1.54) is 0 Å². The van der Waals surface area contributed by atoms with Crippen molar-refractivity contribution in [3.8, 4) is 67.5 Å². The molecule has 0 saturated heterocycles. The number of hydrogen-bond donors (Lipinski definition) is 0. The van der Waals surface area contributed by atoms with Crippen molar-refractivity contribution in [2.75, 3.05) is 0 Å². The summed E-state index contributed by atoms with van der Waals surface area (Å²) in [6.45, 7) is 0. The van der Waals surface area contributed by atoms with E-state index in [4.69, 9.17) is 28.2 Å². The molecule has 0 spiro atoms. The van der Waals surface area contributed by atoms with Crippen LogP contribution in [0.5, 0.6) is 0 Å². The average Bonchev–Trinajstić information content (AvgIpc) is 4.04. The molecule has 0 aliphatic carbocycles. The summed E-state index contributed by atoms with van der Waals surface area (Å²) in [5.41, 5.74) is 14.4. The van der Waals surface area contributed by atoms with Crippen molar-refractivity contribution in [3.63, 3.8) is 0 Å². The van der Waals surface area contributed by atoms with E-state index in [1.807, 2.05) is 60.7 Å². The standard InChI is InChI=1S/C57H33N3O3/c1-3-10-34(11-4-1)35-18-20-37(21-19-35)56-58-55(36-12-5-2-6-13-36)59-57(60-56)43-15-9-17-53-54(43)47-33-41(25-29-52(47)63-53)40-24-28-51-46(32-40)45-31-39(23-27-50(45)62-51)38-22-26-49-44(30-38)42-14-7-8-16-48(42)61-49/h1-33H. The summed E-state index contributed by atoms with van der Waals surface area (Å²) >= 11 is 0. The number of fused-ring (bicyclic) bond motifs is 9. The molecule has 6 nitrogen and oxygen atoms in total. The third-order valence-electron chi connectivity index (χ3n) is 12.2.